The SMILES string of the molecule is CCOC(=O)CNc1cccc(CCP(=O)(OCC)OCC)c1. The summed E-state index contributed by atoms with van der Waals surface area (Å²) in [6.07, 6.45) is 0.905. The summed E-state index contributed by atoms with van der Waals surface area (Å²) in [5, 5.41) is 3.01. The van der Waals surface area contributed by atoms with Gasteiger partial charge in [0.1, 0.15) is 6.54 Å². The maximum Gasteiger partial charge on any atom is 0.330 e. The molecule has 0 aliphatic heterocycles. The Labute approximate surface area is 138 Å². The number of ether oxygens (including phenoxy) is 1. The van der Waals surface area contributed by atoms with Crippen LogP contribution in [0.5, 0.6) is 0 Å². The molecule has 0 atom stereocenters. The minimum atomic E-state index is -3.03. The molecule has 1 rings (SSSR count). The van der Waals surface area contributed by atoms with Gasteiger partial charge in [-0.2, -0.15) is 0 Å². The van der Waals surface area contributed by atoms with Gasteiger partial charge in [0, 0.05) is 5.69 Å². The van der Waals surface area contributed by atoms with Gasteiger partial charge in [-0.1, -0.05) is 12.1 Å². The topological polar surface area (TPSA) is 73.9 Å². The molecule has 1 N–H and O–H groups in total. The number of esters is 1. The monoisotopic (exact) mass is 343 g/mol. The van der Waals surface area contributed by atoms with Crippen LogP contribution in [-0.2, 0) is 29.6 Å². The predicted octanol–water partition coefficient (Wildman–Crippen LogP) is 3.47. The number of hydrogen-bond acceptors (Lipinski definition) is 6. The van der Waals surface area contributed by atoms with E-state index in [2.05, 4.69) is 5.32 Å². The van der Waals surface area contributed by atoms with Crippen LogP contribution in [0.1, 0.15) is 26.3 Å². The number of nitrogens with one attached hydrogen (secondary N) is 1. The number of anilines is 1. The van der Waals surface area contributed by atoms with E-state index in [9.17, 15) is 9.36 Å². The van der Waals surface area contributed by atoms with E-state index in [0.29, 0.717) is 32.4 Å². The number of hydrogen-bond donors (Lipinski definition) is 1. The number of aryl methyl sites for hydroxylation is 1. The van der Waals surface area contributed by atoms with Gasteiger partial charge in [0.2, 0.25) is 0 Å². The highest BCUT2D eigenvalue weighted by Crippen LogP contribution is 2.48. The molecule has 0 heterocycles. The number of carbonyl (C=O) groups is 1. The zero-order valence-corrected chi connectivity index (χ0v) is 14.9. The maximum absolute atomic E-state index is 12.4. The zero-order chi connectivity index (χ0) is 17.1. The van der Waals surface area contributed by atoms with Gasteiger partial charge in [-0.05, 0) is 44.9 Å². The molecule has 0 unspecified atom stereocenters. The van der Waals surface area contributed by atoms with Crippen LogP contribution in [-0.4, -0.2) is 38.5 Å². The first-order valence-corrected chi connectivity index (χ1v) is 9.62. The summed E-state index contributed by atoms with van der Waals surface area (Å²) in [7, 11) is -3.03. The molecule has 0 saturated carbocycles. The van der Waals surface area contributed by atoms with E-state index in [1.165, 1.54) is 0 Å². The van der Waals surface area contributed by atoms with E-state index >= 15 is 0 Å². The average Bonchev–Trinajstić information content (AvgIpc) is 2.52. The van der Waals surface area contributed by atoms with Gasteiger partial charge >= 0.3 is 13.6 Å². The Morgan fingerprint density at radius 1 is 1.13 bits per heavy atom. The van der Waals surface area contributed by atoms with Crippen LogP contribution in [0.4, 0.5) is 5.69 Å². The lowest BCUT2D eigenvalue weighted by atomic mass is 10.1. The molecule has 130 valence electrons. The number of benzene rings is 1. The second kappa shape index (κ2) is 10.4. The van der Waals surface area contributed by atoms with Gasteiger partial charge in [-0.3, -0.25) is 9.36 Å². The minimum Gasteiger partial charge on any atom is -0.465 e. The fraction of sp³-hybridized carbons (Fsp3) is 0.562. The van der Waals surface area contributed by atoms with Crippen molar-refractivity contribution >= 4 is 19.3 Å². The van der Waals surface area contributed by atoms with Crippen LogP contribution in [0.25, 0.3) is 0 Å². The first-order valence-electron chi connectivity index (χ1n) is 7.89. The van der Waals surface area contributed by atoms with Gasteiger partial charge in [0.15, 0.2) is 0 Å². The highest BCUT2D eigenvalue weighted by atomic mass is 31.2. The lowest BCUT2D eigenvalue weighted by molar-refractivity contribution is -0.140. The summed E-state index contributed by atoms with van der Waals surface area (Å²) in [6.45, 7) is 6.57. The molecule has 0 spiro atoms. The van der Waals surface area contributed by atoms with Gasteiger partial charge in [0.05, 0.1) is 26.0 Å². The second-order valence-corrected chi connectivity index (χ2v) is 6.96. The first kappa shape index (κ1) is 19.7. The molecule has 23 heavy (non-hydrogen) atoms. The minimum absolute atomic E-state index is 0.119. The molecule has 0 saturated heterocycles. The molecule has 7 heteroatoms. The maximum atomic E-state index is 12.4. The highest BCUT2D eigenvalue weighted by molar-refractivity contribution is 7.53. The zero-order valence-electron chi connectivity index (χ0n) is 14.0. The third kappa shape index (κ3) is 7.64. The third-order valence-corrected chi connectivity index (χ3v) is 5.07. The summed E-state index contributed by atoms with van der Waals surface area (Å²) < 4.78 is 27.9. The van der Waals surface area contributed by atoms with Crippen molar-refractivity contribution in [3.63, 3.8) is 0 Å². The standard InChI is InChI=1S/C16H26NO5P/c1-4-20-16(18)13-17-15-9-7-8-14(12-15)10-11-23(19,21-5-2)22-6-3/h7-9,12,17H,4-6,10-11,13H2,1-3H3. The van der Waals surface area contributed by atoms with Crippen molar-refractivity contribution in [2.75, 3.05) is 37.8 Å². The molecule has 6 nitrogen and oxygen atoms in total. The molecule has 0 aromatic heterocycles. The Hall–Kier alpha value is -1.36. The quantitative estimate of drug-likeness (QED) is 0.490. The van der Waals surface area contributed by atoms with Crippen molar-refractivity contribution in [2.45, 2.75) is 27.2 Å². The van der Waals surface area contributed by atoms with E-state index in [1.807, 2.05) is 24.3 Å². The van der Waals surface area contributed by atoms with Gasteiger partial charge < -0.3 is 19.1 Å². The Balaban J connectivity index is 2.59. The van der Waals surface area contributed by atoms with Crippen LogP contribution in [0.15, 0.2) is 24.3 Å². The van der Waals surface area contributed by atoms with Crippen LogP contribution in [0.2, 0.25) is 0 Å². The average molecular weight is 343 g/mol. The normalized spacial score (nSPS) is 11.3. The lowest BCUT2D eigenvalue weighted by Gasteiger charge is -2.17. The van der Waals surface area contributed by atoms with Crippen molar-refractivity contribution in [2.24, 2.45) is 0 Å². The molecular weight excluding hydrogens is 317 g/mol. The Morgan fingerprint density at radius 2 is 1.83 bits per heavy atom. The van der Waals surface area contributed by atoms with E-state index in [1.54, 1.807) is 20.8 Å². The Kier molecular flexibility index (Phi) is 8.92. The number of rotatable bonds is 11. The summed E-state index contributed by atoms with van der Waals surface area (Å²) in [4.78, 5) is 11.3. The molecule has 0 radical (unpaired) electrons. The van der Waals surface area contributed by atoms with E-state index < -0.39 is 7.60 Å². The van der Waals surface area contributed by atoms with Crippen LogP contribution in [0, 0.1) is 0 Å². The molecule has 1 aromatic rings. The predicted molar refractivity (Wildman–Crippen MR) is 91.0 cm³/mol. The fourth-order valence-electron chi connectivity index (χ4n) is 2.05. The largest absolute Gasteiger partial charge is 0.465 e. The van der Waals surface area contributed by atoms with Gasteiger partial charge in [-0.15, -0.1) is 0 Å². The summed E-state index contributed by atoms with van der Waals surface area (Å²) in [5.41, 5.74) is 1.82. The molecule has 0 aliphatic rings. The lowest BCUT2D eigenvalue weighted by Crippen LogP contribution is -2.16. The Morgan fingerprint density at radius 3 is 2.43 bits per heavy atom. The van der Waals surface area contributed by atoms with E-state index in [-0.39, 0.29) is 12.5 Å². The fourth-order valence-corrected chi connectivity index (χ4v) is 3.70. The molecule has 0 amide bonds. The summed E-state index contributed by atoms with van der Waals surface area (Å²) >= 11 is 0. The second-order valence-electron chi connectivity index (χ2n) is 4.78. The van der Waals surface area contributed by atoms with Crippen molar-refractivity contribution in [3.8, 4) is 0 Å². The first-order chi connectivity index (χ1) is 11.0. The Bertz CT molecular complexity index is 525. The van der Waals surface area contributed by atoms with Crippen molar-refractivity contribution < 1.29 is 23.1 Å². The molecule has 0 bridgehead atoms. The van der Waals surface area contributed by atoms with Crippen molar-refractivity contribution in [3.05, 3.63) is 29.8 Å². The van der Waals surface area contributed by atoms with Crippen LogP contribution < -0.4 is 5.32 Å². The van der Waals surface area contributed by atoms with Crippen molar-refractivity contribution in [1.82, 2.24) is 0 Å². The third-order valence-electron chi connectivity index (χ3n) is 3.00. The van der Waals surface area contributed by atoms with Crippen LogP contribution in [0.3, 0.4) is 0 Å². The highest BCUT2D eigenvalue weighted by Gasteiger charge is 2.22. The van der Waals surface area contributed by atoms with E-state index in [4.69, 9.17) is 13.8 Å². The smallest absolute Gasteiger partial charge is 0.330 e. The van der Waals surface area contributed by atoms with Crippen molar-refractivity contribution in [1.29, 1.82) is 0 Å². The molecule has 0 aliphatic carbocycles. The molecule has 1 aromatic carbocycles. The van der Waals surface area contributed by atoms with Crippen LogP contribution >= 0.6 is 7.60 Å². The number of carbonyl (C=O) groups excluding carboxylic acids is 1. The van der Waals surface area contributed by atoms with Gasteiger partial charge in [0.25, 0.3) is 0 Å². The molecule has 0 fully saturated rings. The van der Waals surface area contributed by atoms with Gasteiger partial charge in [-0.25, -0.2) is 0 Å². The van der Waals surface area contributed by atoms with E-state index in [0.717, 1.165) is 11.3 Å². The summed E-state index contributed by atoms with van der Waals surface area (Å²) in [5.74, 6) is -0.296. The molecular formula is C16H26NO5P. The summed E-state index contributed by atoms with van der Waals surface area (Å²) in [6, 6.07) is 7.61.